The number of nitrogens with one attached hydrogen (secondary N) is 1. The van der Waals surface area contributed by atoms with Gasteiger partial charge in [-0.2, -0.15) is 5.10 Å². The molecule has 2 aliphatic heterocycles. The van der Waals surface area contributed by atoms with Crippen LogP contribution in [0.2, 0.25) is 5.02 Å². The number of fused-ring (bicyclic) bond motifs is 1. The molecule has 1 aromatic heterocycles. The highest BCUT2D eigenvalue weighted by molar-refractivity contribution is 6.30. The molecule has 0 radical (unpaired) electrons. The molecule has 0 bridgehead atoms. The summed E-state index contributed by atoms with van der Waals surface area (Å²) in [4.78, 5) is 45.4. The first-order valence-corrected chi connectivity index (χ1v) is 14.6. The van der Waals surface area contributed by atoms with E-state index < -0.39 is 0 Å². The molecule has 1 fully saturated rings. The Bertz CT molecular complexity index is 1630. The third kappa shape index (κ3) is 5.18. The number of imide groups is 1. The third-order valence-electron chi connectivity index (χ3n) is 8.46. The number of aromatic nitrogens is 2. The lowest BCUT2D eigenvalue weighted by molar-refractivity contribution is -0.136. The molecule has 3 aromatic carbocycles. The summed E-state index contributed by atoms with van der Waals surface area (Å²) in [6, 6.07) is 24.4. The van der Waals surface area contributed by atoms with Gasteiger partial charge in [0.1, 0.15) is 0 Å². The summed E-state index contributed by atoms with van der Waals surface area (Å²) in [7, 11) is 1.84. The summed E-state index contributed by atoms with van der Waals surface area (Å²) in [5, 5.41) is 8.15. The zero-order valence-corrected chi connectivity index (χ0v) is 24.3. The second-order valence-corrected chi connectivity index (χ2v) is 11.4. The Labute approximate surface area is 249 Å². The van der Waals surface area contributed by atoms with Crippen molar-refractivity contribution in [3.63, 3.8) is 0 Å². The van der Waals surface area contributed by atoms with Crippen LogP contribution in [0.1, 0.15) is 57.8 Å². The van der Waals surface area contributed by atoms with E-state index in [0.717, 1.165) is 28.2 Å². The lowest BCUT2D eigenvalue weighted by atomic mass is 9.93. The van der Waals surface area contributed by atoms with Crippen molar-refractivity contribution >= 4 is 35.0 Å². The van der Waals surface area contributed by atoms with Gasteiger partial charge in [-0.1, -0.05) is 60.1 Å². The minimum atomic E-state index is -0.290. The summed E-state index contributed by atoms with van der Waals surface area (Å²) in [6.45, 7) is 3.43. The highest BCUT2D eigenvalue weighted by Crippen LogP contribution is 2.35. The molecular formula is C33H32ClN5O3. The Kier molecular flexibility index (Phi) is 7.56. The molecule has 1 saturated heterocycles. The van der Waals surface area contributed by atoms with Crippen LogP contribution in [0.4, 0.5) is 5.69 Å². The van der Waals surface area contributed by atoms with E-state index in [0.29, 0.717) is 42.1 Å². The molecule has 3 amide bonds. The van der Waals surface area contributed by atoms with Crippen molar-refractivity contribution in [2.45, 2.75) is 32.4 Å². The molecule has 3 heterocycles. The van der Waals surface area contributed by atoms with Gasteiger partial charge in [0.15, 0.2) is 0 Å². The molecule has 6 rings (SSSR count). The lowest BCUT2D eigenvalue weighted by Gasteiger charge is -2.36. The summed E-state index contributed by atoms with van der Waals surface area (Å²) in [5.41, 5.74) is 5.21. The Morgan fingerprint density at radius 3 is 2.43 bits per heavy atom. The predicted octanol–water partition coefficient (Wildman–Crippen LogP) is 5.96. The van der Waals surface area contributed by atoms with Crippen LogP contribution in [0.25, 0.3) is 11.3 Å². The fourth-order valence-electron chi connectivity index (χ4n) is 5.86. The van der Waals surface area contributed by atoms with E-state index in [4.69, 9.17) is 11.6 Å². The Balaban J connectivity index is 1.11. The van der Waals surface area contributed by atoms with Crippen molar-refractivity contribution < 1.29 is 14.4 Å². The van der Waals surface area contributed by atoms with Crippen molar-refractivity contribution in [2.24, 2.45) is 5.92 Å². The normalized spacial score (nSPS) is 16.1. The summed E-state index contributed by atoms with van der Waals surface area (Å²) in [6.07, 6.45) is 1.32. The van der Waals surface area contributed by atoms with Crippen molar-refractivity contribution in [3.8, 4) is 11.3 Å². The monoisotopic (exact) mass is 581 g/mol. The smallest absolute Gasteiger partial charge is 0.263 e. The zero-order valence-electron chi connectivity index (χ0n) is 23.6. The van der Waals surface area contributed by atoms with Gasteiger partial charge < -0.3 is 9.80 Å². The number of halogens is 1. The second kappa shape index (κ2) is 11.4. The summed E-state index contributed by atoms with van der Waals surface area (Å²) in [5.74, 6) is -0.610. The van der Waals surface area contributed by atoms with E-state index in [-0.39, 0.29) is 36.2 Å². The first-order valence-electron chi connectivity index (χ1n) is 14.2. The van der Waals surface area contributed by atoms with Crippen LogP contribution >= 0.6 is 11.6 Å². The van der Waals surface area contributed by atoms with Crippen LogP contribution in [0.15, 0.2) is 78.9 Å². The number of hydrogen-bond acceptors (Lipinski definition) is 5. The number of nitrogens with zero attached hydrogens (tertiary/aromatic N) is 4. The van der Waals surface area contributed by atoms with Gasteiger partial charge in [0.25, 0.3) is 11.8 Å². The highest BCUT2D eigenvalue weighted by Gasteiger charge is 2.39. The number of anilines is 1. The van der Waals surface area contributed by atoms with Crippen LogP contribution in [-0.2, 0) is 11.3 Å². The van der Waals surface area contributed by atoms with Crippen LogP contribution in [0.3, 0.4) is 0 Å². The number of carbonyl (C=O) groups is 3. The Morgan fingerprint density at radius 1 is 1.00 bits per heavy atom. The number of benzene rings is 3. The second-order valence-electron chi connectivity index (χ2n) is 11.0. The molecule has 4 aromatic rings. The average molecular weight is 582 g/mol. The van der Waals surface area contributed by atoms with Gasteiger partial charge in [0.2, 0.25) is 5.91 Å². The molecule has 2 aliphatic rings. The molecule has 1 atom stereocenters. The minimum absolute atomic E-state index is 0.0942. The summed E-state index contributed by atoms with van der Waals surface area (Å²) < 4.78 is 0. The molecule has 42 heavy (non-hydrogen) atoms. The summed E-state index contributed by atoms with van der Waals surface area (Å²) >= 11 is 6.00. The molecule has 0 saturated carbocycles. The number of hydrogen-bond donors (Lipinski definition) is 1. The van der Waals surface area contributed by atoms with Crippen molar-refractivity contribution in [3.05, 3.63) is 106 Å². The quantitative estimate of drug-likeness (QED) is 0.272. The fraction of sp³-hybridized carbons (Fsp3) is 0.273. The maximum atomic E-state index is 13.5. The molecule has 0 unspecified atom stereocenters. The van der Waals surface area contributed by atoms with E-state index in [2.05, 4.69) is 15.1 Å². The van der Waals surface area contributed by atoms with Crippen molar-refractivity contribution in [1.82, 2.24) is 20.0 Å². The Hall–Kier alpha value is -4.43. The van der Waals surface area contributed by atoms with Crippen LogP contribution < -0.4 is 4.90 Å². The van der Waals surface area contributed by atoms with E-state index in [1.54, 1.807) is 23.1 Å². The van der Waals surface area contributed by atoms with Gasteiger partial charge in [0, 0.05) is 36.6 Å². The molecule has 0 spiro atoms. The van der Waals surface area contributed by atoms with E-state index >= 15 is 0 Å². The molecule has 214 valence electrons. The largest absolute Gasteiger partial charge is 0.371 e. The number of rotatable bonds is 7. The SMILES string of the molecule is C[C@H](c1cc(-c2ccccc2)n[nH]1)N(C)C(=O)C1CCN(c2cccc3c2C(=O)N(Cc2ccc(Cl)cc2)C3=O)CC1. The van der Waals surface area contributed by atoms with Gasteiger partial charge in [-0.15, -0.1) is 0 Å². The topological polar surface area (TPSA) is 89.6 Å². The van der Waals surface area contributed by atoms with E-state index in [1.165, 1.54) is 4.90 Å². The predicted molar refractivity (Wildman–Crippen MR) is 162 cm³/mol. The standard InChI is InChI=1S/C33H32ClN5O3/c1-21(27-19-28(36-35-27)23-7-4-3-5-8-23)37(2)31(40)24-15-17-38(18-16-24)29-10-6-9-26-30(29)33(42)39(32(26)41)20-22-11-13-25(34)14-12-22/h3-14,19,21,24H,15-18,20H2,1-2H3,(H,35,36)/t21-/m1/s1. The molecule has 1 N–H and O–H groups in total. The maximum absolute atomic E-state index is 13.5. The molecule has 9 heteroatoms. The van der Waals surface area contributed by atoms with Crippen LogP contribution in [0.5, 0.6) is 0 Å². The van der Waals surface area contributed by atoms with Gasteiger partial charge in [-0.3, -0.25) is 24.4 Å². The van der Waals surface area contributed by atoms with Gasteiger partial charge in [-0.05, 0) is 55.7 Å². The number of H-pyrrole nitrogens is 1. The first kappa shape index (κ1) is 27.7. The Morgan fingerprint density at radius 2 is 1.71 bits per heavy atom. The van der Waals surface area contributed by atoms with Crippen molar-refractivity contribution in [1.29, 1.82) is 0 Å². The number of piperidine rings is 1. The van der Waals surface area contributed by atoms with Gasteiger partial charge in [-0.25, -0.2) is 0 Å². The first-order chi connectivity index (χ1) is 20.3. The number of aromatic amines is 1. The highest BCUT2D eigenvalue weighted by atomic mass is 35.5. The van der Waals surface area contributed by atoms with Crippen LogP contribution in [-0.4, -0.2) is 57.9 Å². The number of amides is 3. The van der Waals surface area contributed by atoms with Crippen LogP contribution in [0, 0.1) is 5.92 Å². The third-order valence-corrected chi connectivity index (χ3v) is 8.71. The maximum Gasteiger partial charge on any atom is 0.263 e. The fourth-order valence-corrected chi connectivity index (χ4v) is 5.98. The average Bonchev–Trinajstić information content (AvgIpc) is 3.62. The molecule has 8 nitrogen and oxygen atoms in total. The van der Waals surface area contributed by atoms with E-state index in [9.17, 15) is 14.4 Å². The minimum Gasteiger partial charge on any atom is -0.371 e. The number of carbonyl (C=O) groups excluding carboxylic acids is 3. The lowest BCUT2D eigenvalue weighted by Crippen LogP contribution is -2.42. The van der Waals surface area contributed by atoms with Gasteiger partial charge >= 0.3 is 0 Å². The molecular weight excluding hydrogens is 550 g/mol. The molecule has 0 aliphatic carbocycles. The van der Waals surface area contributed by atoms with Crippen molar-refractivity contribution in [2.75, 3.05) is 25.0 Å². The van der Waals surface area contributed by atoms with Gasteiger partial charge in [0.05, 0.1) is 40.8 Å². The van der Waals surface area contributed by atoms with E-state index in [1.807, 2.05) is 74.6 Å². The zero-order chi connectivity index (χ0) is 29.4.